The van der Waals surface area contributed by atoms with Gasteiger partial charge in [-0.15, -0.1) is 12.4 Å². The Bertz CT molecular complexity index is 191. The predicted molar refractivity (Wildman–Crippen MR) is 80.2 cm³/mol. The molecular weight excluding hydrogens is 256 g/mol. The Hall–Kier alpha value is 0.0700. The van der Waals surface area contributed by atoms with Crippen LogP contribution in [0.5, 0.6) is 0 Å². The average Bonchev–Trinajstić information content (AvgIpc) is 2.22. The fourth-order valence-corrected chi connectivity index (χ4v) is 2.29. The molecule has 0 rings (SSSR count). The van der Waals surface area contributed by atoms with Crippen molar-refractivity contribution in [3.63, 3.8) is 0 Å². The highest BCUT2D eigenvalue weighted by Gasteiger charge is 2.04. The van der Waals surface area contributed by atoms with E-state index in [9.17, 15) is 4.79 Å². The van der Waals surface area contributed by atoms with Gasteiger partial charge < -0.3 is 10.6 Å². The fourth-order valence-electron chi connectivity index (χ4n) is 1.22. The summed E-state index contributed by atoms with van der Waals surface area (Å²) in [7, 11) is 0. The van der Waals surface area contributed by atoms with Crippen molar-refractivity contribution in [1.29, 1.82) is 0 Å². The van der Waals surface area contributed by atoms with Crippen LogP contribution in [0.1, 0.15) is 34.1 Å². The number of likely N-dealkylation sites (N-methyl/N-ethyl adjacent to an activating group) is 1. The molecule has 0 aliphatic heterocycles. The Kier molecular flexibility index (Phi) is 14.3. The fraction of sp³-hybridized carbons (Fsp3) is 0.917. The zero-order valence-corrected chi connectivity index (χ0v) is 13.0. The molecule has 0 aromatic carbocycles. The Morgan fingerprint density at radius 1 is 1.29 bits per heavy atom. The molecule has 2 N–H and O–H groups in total. The molecule has 0 saturated carbocycles. The molecule has 0 unspecified atom stereocenters. The lowest BCUT2D eigenvalue weighted by atomic mass is 10.2. The van der Waals surface area contributed by atoms with E-state index in [1.165, 1.54) is 6.42 Å². The van der Waals surface area contributed by atoms with Crippen LogP contribution in [0.2, 0.25) is 0 Å². The van der Waals surface area contributed by atoms with Gasteiger partial charge in [0.25, 0.3) is 0 Å². The van der Waals surface area contributed by atoms with E-state index >= 15 is 0 Å². The maximum atomic E-state index is 11.4. The van der Waals surface area contributed by atoms with Crippen molar-refractivity contribution >= 4 is 30.1 Å². The largest absolute Gasteiger partial charge is 0.354 e. The van der Waals surface area contributed by atoms with Crippen molar-refractivity contribution < 1.29 is 4.79 Å². The first-order valence-electron chi connectivity index (χ1n) is 6.14. The average molecular weight is 283 g/mol. The minimum Gasteiger partial charge on any atom is -0.354 e. The van der Waals surface area contributed by atoms with Gasteiger partial charge in [-0.1, -0.05) is 20.8 Å². The number of hydrogen-bond donors (Lipinski definition) is 2. The molecule has 1 atom stereocenters. The van der Waals surface area contributed by atoms with Gasteiger partial charge in [0.2, 0.25) is 5.91 Å². The van der Waals surface area contributed by atoms with Crippen molar-refractivity contribution in [2.24, 2.45) is 5.92 Å². The molecule has 0 saturated heterocycles. The quantitative estimate of drug-likeness (QED) is 0.638. The number of carbonyl (C=O) groups excluding carboxylic acids is 1. The Morgan fingerprint density at radius 2 is 1.94 bits per heavy atom. The number of thioether (sulfide) groups is 1. The van der Waals surface area contributed by atoms with E-state index in [4.69, 9.17) is 0 Å². The van der Waals surface area contributed by atoms with Crippen LogP contribution in [0.3, 0.4) is 0 Å². The van der Waals surface area contributed by atoms with Gasteiger partial charge in [0.15, 0.2) is 0 Å². The molecule has 0 spiro atoms. The highest BCUT2D eigenvalue weighted by atomic mass is 35.5. The van der Waals surface area contributed by atoms with Gasteiger partial charge in [0.05, 0.1) is 5.75 Å². The standard InChI is InChI=1S/C12H26N2OS.ClH/c1-5-13-11(4)8-14-12(15)9-16-7-6-10(2)3;/h10-11,13H,5-9H2,1-4H3,(H,14,15);1H/t11-;/m1./s1. The van der Waals surface area contributed by atoms with Gasteiger partial charge in [0, 0.05) is 12.6 Å². The van der Waals surface area contributed by atoms with Gasteiger partial charge >= 0.3 is 0 Å². The summed E-state index contributed by atoms with van der Waals surface area (Å²) in [5.41, 5.74) is 0. The van der Waals surface area contributed by atoms with E-state index in [0.29, 0.717) is 11.8 Å². The third kappa shape index (κ3) is 14.0. The molecule has 0 bridgehead atoms. The summed E-state index contributed by atoms with van der Waals surface area (Å²) in [5.74, 6) is 2.54. The van der Waals surface area contributed by atoms with E-state index < -0.39 is 0 Å². The SMILES string of the molecule is CCN[C@H](C)CNC(=O)CSCCC(C)C.Cl. The molecule has 5 heteroatoms. The van der Waals surface area contributed by atoms with Crippen molar-refractivity contribution in [1.82, 2.24) is 10.6 Å². The lowest BCUT2D eigenvalue weighted by Gasteiger charge is -2.13. The number of nitrogens with one attached hydrogen (secondary N) is 2. The summed E-state index contributed by atoms with van der Waals surface area (Å²) >= 11 is 1.72. The second-order valence-corrected chi connectivity index (χ2v) is 5.60. The van der Waals surface area contributed by atoms with E-state index in [2.05, 4.69) is 38.3 Å². The van der Waals surface area contributed by atoms with Gasteiger partial charge in [0.1, 0.15) is 0 Å². The molecule has 0 aromatic heterocycles. The number of carbonyl (C=O) groups is 1. The van der Waals surface area contributed by atoms with E-state index in [1.54, 1.807) is 11.8 Å². The molecule has 104 valence electrons. The van der Waals surface area contributed by atoms with Crippen LogP contribution >= 0.6 is 24.2 Å². The number of amides is 1. The van der Waals surface area contributed by atoms with Crippen LogP contribution in [0.25, 0.3) is 0 Å². The monoisotopic (exact) mass is 282 g/mol. The van der Waals surface area contributed by atoms with Gasteiger partial charge in [-0.2, -0.15) is 11.8 Å². The number of halogens is 1. The van der Waals surface area contributed by atoms with Crippen LogP contribution in [-0.2, 0) is 4.79 Å². The van der Waals surface area contributed by atoms with Gasteiger partial charge in [-0.25, -0.2) is 0 Å². The van der Waals surface area contributed by atoms with Gasteiger partial charge in [-0.3, -0.25) is 4.79 Å². The molecule has 0 aliphatic rings. The van der Waals surface area contributed by atoms with Crippen molar-refractivity contribution in [2.75, 3.05) is 24.6 Å². The zero-order valence-electron chi connectivity index (χ0n) is 11.4. The minimum absolute atomic E-state index is 0. The smallest absolute Gasteiger partial charge is 0.230 e. The normalized spacial score (nSPS) is 12.1. The summed E-state index contributed by atoms with van der Waals surface area (Å²) in [6.07, 6.45) is 1.19. The second kappa shape index (κ2) is 12.5. The predicted octanol–water partition coefficient (Wildman–Crippen LogP) is 2.30. The third-order valence-corrected chi connectivity index (χ3v) is 3.22. The summed E-state index contributed by atoms with van der Waals surface area (Å²) in [4.78, 5) is 11.4. The summed E-state index contributed by atoms with van der Waals surface area (Å²) in [6.45, 7) is 10.2. The van der Waals surface area contributed by atoms with Crippen LogP contribution in [0.15, 0.2) is 0 Å². The highest BCUT2D eigenvalue weighted by Crippen LogP contribution is 2.07. The first kappa shape index (κ1) is 19.4. The van der Waals surface area contributed by atoms with Crippen LogP contribution in [-0.4, -0.2) is 36.5 Å². The lowest BCUT2D eigenvalue weighted by molar-refractivity contribution is -0.118. The molecule has 17 heavy (non-hydrogen) atoms. The molecule has 0 heterocycles. The Morgan fingerprint density at radius 3 is 2.47 bits per heavy atom. The van der Waals surface area contributed by atoms with E-state index in [-0.39, 0.29) is 18.3 Å². The number of rotatable bonds is 9. The van der Waals surface area contributed by atoms with E-state index in [1.807, 2.05) is 0 Å². The number of hydrogen-bond acceptors (Lipinski definition) is 3. The minimum atomic E-state index is 0. The van der Waals surface area contributed by atoms with Crippen LogP contribution in [0, 0.1) is 5.92 Å². The molecule has 0 fully saturated rings. The first-order chi connectivity index (χ1) is 7.56. The Balaban J connectivity index is 0. The molecular formula is C12H27ClN2OS. The maximum Gasteiger partial charge on any atom is 0.230 e. The second-order valence-electron chi connectivity index (χ2n) is 4.50. The van der Waals surface area contributed by atoms with E-state index in [0.717, 1.165) is 24.8 Å². The molecule has 0 radical (unpaired) electrons. The molecule has 1 amide bonds. The summed E-state index contributed by atoms with van der Waals surface area (Å²) < 4.78 is 0. The molecule has 0 aromatic rings. The first-order valence-corrected chi connectivity index (χ1v) is 7.29. The molecule has 0 aliphatic carbocycles. The zero-order chi connectivity index (χ0) is 12.4. The summed E-state index contributed by atoms with van der Waals surface area (Å²) in [5, 5.41) is 6.19. The molecule has 3 nitrogen and oxygen atoms in total. The van der Waals surface area contributed by atoms with Crippen molar-refractivity contribution in [3.8, 4) is 0 Å². The third-order valence-electron chi connectivity index (χ3n) is 2.23. The van der Waals surface area contributed by atoms with Crippen molar-refractivity contribution in [3.05, 3.63) is 0 Å². The van der Waals surface area contributed by atoms with Crippen molar-refractivity contribution in [2.45, 2.75) is 40.2 Å². The topological polar surface area (TPSA) is 41.1 Å². The Labute approximate surface area is 116 Å². The van der Waals surface area contributed by atoms with Crippen LogP contribution in [0.4, 0.5) is 0 Å². The maximum absolute atomic E-state index is 11.4. The van der Waals surface area contributed by atoms with Crippen LogP contribution < -0.4 is 10.6 Å². The highest BCUT2D eigenvalue weighted by molar-refractivity contribution is 7.99. The van der Waals surface area contributed by atoms with Gasteiger partial charge in [-0.05, 0) is 31.6 Å². The summed E-state index contributed by atoms with van der Waals surface area (Å²) in [6, 6.07) is 0.356. The lowest BCUT2D eigenvalue weighted by Crippen LogP contribution is -2.39.